The predicted octanol–water partition coefficient (Wildman–Crippen LogP) is 3.48. The highest BCUT2D eigenvalue weighted by atomic mass is 35.5. The van der Waals surface area contributed by atoms with Gasteiger partial charge in [-0.2, -0.15) is 0 Å². The van der Waals surface area contributed by atoms with Gasteiger partial charge in [-0.05, 0) is 36.5 Å². The van der Waals surface area contributed by atoms with Crippen molar-refractivity contribution in [2.24, 2.45) is 5.92 Å². The monoisotopic (exact) mass is 278 g/mol. The highest BCUT2D eigenvalue weighted by Crippen LogP contribution is 2.39. The lowest BCUT2D eigenvalue weighted by Crippen LogP contribution is -2.46. The van der Waals surface area contributed by atoms with Gasteiger partial charge in [0.1, 0.15) is 0 Å². The summed E-state index contributed by atoms with van der Waals surface area (Å²) in [5.41, 5.74) is 1.46. The maximum atomic E-state index is 6.04. The molecule has 3 heteroatoms. The van der Waals surface area contributed by atoms with Crippen molar-refractivity contribution in [3.05, 3.63) is 34.9 Å². The van der Waals surface area contributed by atoms with Gasteiger partial charge in [-0.15, -0.1) is 0 Å². The van der Waals surface area contributed by atoms with Gasteiger partial charge in [-0.25, -0.2) is 0 Å². The van der Waals surface area contributed by atoms with Crippen molar-refractivity contribution in [2.75, 3.05) is 26.2 Å². The number of hydrogen-bond acceptors (Lipinski definition) is 2. The van der Waals surface area contributed by atoms with E-state index in [0.717, 1.165) is 24.0 Å². The van der Waals surface area contributed by atoms with Gasteiger partial charge < -0.3 is 5.32 Å². The van der Waals surface area contributed by atoms with Crippen LogP contribution in [0.15, 0.2) is 24.3 Å². The molecule has 19 heavy (non-hydrogen) atoms. The fourth-order valence-electron chi connectivity index (χ4n) is 3.67. The van der Waals surface area contributed by atoms with Crippen LogP contribution < -0.4 is 5.32 Å². The Morgan fingerprint density at radius 3 is 2.32 bits per heavy atom. The molecular formula is C16H23ClN2. The zero-order valence-corrected chi connectivity index (χ0v) is 12.2. The van der Waals surface area contributed by atoms with Crippen LogP contribution in [0.4, 0.5) is 0 Å². The molecule has 2 aliphatic rings. The number of benzene rings is 1. The Labute approximate surface area is 121 Å². The van der Waals surface area contributed by atoms with Crippen molar-refractivity contribution < 1.29 is 0 Å². The largest absolute Gasteiger partial charge is 0.314 e. The fraction of sp³-hybridized carbons (Fsp3) is 0.625. The molecule has 1 heterocycles. The topological polar surface area (TPSA) is 15.3 Å². The Balaban J connectivity index is 1.83. The van der Waals surface area contributed by atoms with Crippen molar-refractivity contribution in [3.8, 4) is 0 Å². The molecular weight excluding hydrogens is 256 g/mol. The van der Waals surface area contributed by atoms with Crippen molar-refractivity contribution in [1.29, 1.82) is 0 Å². The lowest BCUT2D eigenvalue weighted by atomic mass is 9.90. The summed E-state index contributed by atoms with van der Waals surface area (Å²) in [5, 5.41) is 4.30. The molecule has 1 aliphatic carbocycles. The molecule has 1 saturated carbocycles. The molecule has 1 aliphatic heterocycles. The Kier molecular flexibility index (Phi) is 4.42. The lowest BCUT2D eigenvalue weighted by molar-refractivity contribution is 0.125. The highest BCUT2D eigenvalue weighted by molar-refractivity contribution is 6.30. The van der Waals surface area contributed by atoms with Crippen molar-refractivity contribution in [3.63, 3.8) is 0 Å². The van der Waals surface area contributed by atoms with Crippen molar-refractivity contribution in [2.45, 2.75) is 31.7 Å². The lowest BCUT2D eigenvalue weighted by Gasteiger charge is -2.38. The summed E-state index contributed by atoms with van der Waals surface area (Å²) in [6.07, 6.45) is 5.58. The predicted molar refractivity (Wildman–Crippen MR) is 80.6 cm³/mol. The zero-order valence-electron chi connectivity index (χ0n) is 11.4. The number of halogens is 1. The minimum Gasteiger partial charge on any atom is -0.314 e. The SMILES string of the molecule is Clc1ccc(C(C2CCCC2)N2CCNCC2)cc1. The number of rotatable bonds is 3. The van der Waals surface area contributed by atoms with E-state index in [-0.39, 0.29) is 0 Å². The van der Waals surface area contributed by atoms with Crippen LogP contribution in [0.1, 0.15) is 37.3 Å². The second kappa shape index (κ2) is 6.25. The van der Waals surface area contributed by atoms with Gasteiger partial charge in [0.2, 0.25) is 0 Å². The van der Waals surface area contributed by atoms with E-state index in [0.29, 0.717) is 6.04 Å². The van der Waals surface area contributed by atoms with E-state index in [9.17, 15) is 0 Å². The second-order valence-corrected chi connectivity index (χ2v) is 6.26. The second-order valence-electron chi connectivity index (χ2n) is 5.83. The van der Waals surface area contributed by atoms with Crippen LogP contribution >= 0.6 is 11.6 Å². The van der Waals surface area contributed by atoms with Crippen molar-refractivity contribution in [1.82, 2.24) is 10.2 Å². The first kappa shape index (κ1) is 13.4. The molecule has 1 atom stereocenters. The maximum absolute atomic E-state index is 6.04. The molecule has 1 aromatic carbocycles. The van der Waals surface area contributed by atoms with Gasteiger partial charge in [0.25, 0.3) is 0 Å². The number of nitrogens with one attached hydrogen (secondary N) is 1. The normalized spacial score (nSPS) is 23.6. The highest BCUT2D eigenvalue weighted by Gasteiger charge is 2.31. The third-order valence-electron chi connectivity index (χ3n) is 4.60. The quantitative estimate of drug-likeness (QED) is 0.911. The zero-order chi connectivity index (χ0) is 13.1. The summed E-state index contributed by atoms with van der Waals surface area (Å²) in [6.45, 7) is 4.58. The van der Waals surface area contributed by atoms with Crippen LogP contribution in [-0.2, 0) is 0 Å². The van der Waals surface area contributed by atoms with E-state index in [1.165, 1.54) is 44.3 Å². The molecule has 0 radical (unpaired) electrons. The molecule has 2 nitrogen and oxygen atoms in total. The molecule has 0 bridgehead atoms. The van der Waals surface area contributed by atoms with E-state index in [1.807, 2.05) is 12.1 Å². The molecule has 0 amide bonds. The van der Waals surface area contributed by atoms with Gasteiger partial charge in [-0.1, -0.05) is 36.6 Å². The van der Waals surface area contributed by atoms with E-state index >= 15 is 0 Å². The van der Waals surface area contributed by atoms with Crippen molar-refractivity contribution >= 4 is 11.6 Å². The van der Waals surface area contributed by atoms with E-state index < -0.39 is 0 Å². The molecule has 2 fully saturated rings. The molecule has 1 aromatic rings. The first-order valence-electron chi connectivity index (χ1n) is 7.55. The fourth-order valence-corrected chi connectivity index (χ4v) is 3.80. The van der Waals surface area contributed by atoms with Gasteiger partial charge in [0.15, 0.2) is 0 Å². The average molecular weight is 279 g/mol. The van der Waals surface area contributed by atoms with Crippen LogP contribution in [0.3, 0.4) is 0 Å². The number of nitrogens with zero attached hydrogens (tertiary/aromatic N) is 1. The summed E-state index contributed by atoms with van der Waals surface area (Å²) in [4.78, 5) is 2.68. The minimum atomic E-state index is 0.599. The summed E-state index contributed by atoms with van der Waals surface area (Å²) >= 11 is 6.04. The maximum Gasteiger partial charge on any atom is 0.0406 e. The average Bonchev–Trinajstić information content (AvgIpc) is 2.96. The summed E-state index contributed by atoms with van der Waals surface area (Å²) in [6, 6.07) is 9.14. The number of piperazine rings is 1. The Morgan fingerprint density at radius 2 is 1.68 bits per heavy atom. The molecule has 1 unspecified atom stereocenters. The third kappa shape index (κ3) is 3.13. The molecule has 0 aromatic heterocycles. The van der Waals surface area contributed by atoms with Crippen LogP contribution in [0.2, 0.25) is 5.02 Å². The van der Waals surface area contributed by atoms with E-state index in [4.69, 9.17) is 11.6 Å². The van der Waals surface area contributed by atoms with Gasteiger partial charge in [-0.3, -0.25) is 4.90 Å². The summed E-state index contributed by atoms with van der Waals surface area (Å²) in [7, 11) is 0. The molecule has 3 rings (SSSR count). The number of hydrogen-bond donors (Lipinski definition) is 1. The summed E-state index contributed by atoms with van der Waals surface area (Å²) < 4.78 is 0. The van der Waals surface area contributed by atoms with Gasteiger partial charge in [0.05, 0.1) is 0 Å². The Hall–Kier alpha value is -0.570. The van der Waals surface area contributed by atoms with Crippen LogP contribution in [0, 0.1) is 5.92 Å². The smallest absolute Gasteiger partial charge is 0.0406 e. The van der Waals surface area contributed by atoms with Gasteiger partial charge in [0, 0.05) is 37.2 Å². The first-order valence-corrected chi connectivity index (χ1v) is 7.92. The molecule has 104 valence electrons. The Bertz CT molecular complexity index is 392. The first-order chi connectivity index (χ1) is 9.34. The van der Waals surface area contributed by atoms with Gasteiger partial charge >= 0.3 is 0 Å². The molecule has 1 saturated heterocycles. The molecule has 0 spiro atoms. The third-order valence-corrected chi connectivity index (χ3v) is 4.85. The van der Waals surface area contributed by atoms with Crippen LogP contribution in [0.5, 0.6) is 0 Å². The van der Waals surface area contributed by atoms with E-state index in [2.05, 4.69) is 22.3 Å². The van der Waals surface area contributed by atoms with Crippen LogP contribution in [-0.4, -0.2) is 31.1 Å². The minimum absolute atomic E-state index is 0.599. The van der Waals surface area contributed by atoms with E-state index in [1.54, 1.807) is 0 Å². The molecule has 1 N–H and O–H groups in total. The van der Waals surface area contributed by atoms with Crippen LogP contribution in [0.25, 0.3) is 0 Å². The summed E-state index contributed by atoms with van der Waals surface area (Å²) in [5.74, 6) is 0.833. The Morgan fingerprint density at radius 1 is 1.05 bits per heavy atom. The standard InChI is InChI=1S/C16H23ClN2/c17-15-7-5-14(6-8-15)16(13-3-1-2-4-13)19-11-9-18-10-12-19/h5-8,13,16,18H,1-4,9-12H2.